The van der Waals surface area contributed by atoms with Crippen molar-refractivity contribution in [3.63, 3.8) is 0 Å². The van der Waals surface area contributed by atoms with Crippen molar-refractivity contribution in [1.29, 1.82) is 0 Å². The number of thioether (sulfide) groups is 1. The van der Waals surface area contributed by atoms with Crippen LogP contribution in [0.5, 0.6) is 5.75 Å². The van der Waals surface area contributed by atoms with Gasteiger partial charge >= 0.3 is 0 Å². The Morgan fingerprint density at radius 2 is 1.83 bits per heavy atom. The van der Waals surface area contributed by atoms with Gasteiger partial charge in [-0.05, 0) is 24.3 Å². The lowest BCUT2D eigenvalue weighted by Crippen LogP contribution is -2.16. The van der Waals surface area contributed by atoms with Crippen LogP contribution >= 0.6 is 11.8 Å². The molecule has 0 aliphatic rings. The first kappa shape index (κ1) is 17.2. The third-order valence-electron chi connectivity index (χ3n) is 2.80. The molecule has 0 unspecified atom stereocenters. The number of carbonyl (C=O) groups is 1. The first-order chi connectivity index (χ1) is 11.1. The van der Waals surface area contributed by atoms with E-state index in [0.717, 1.165) is 0 Å². The molecule has 0 saturated carbocycles. The van der Waals surface area contributed by atoms with Crippen molar-refractivity contribution in [2.45, 2.75) is 17.1 Å². The first-order valence-electron chi connectivity index (χ1n) is 6.77. The van der Waals surface area contributed by atoms with Crippen molar-refractivity contribution in [2.75, 3.05) is 11.9 Å². The standard InChI is InChI=1S/C16H14F3NO2S/c17-11-5-1-3-7-13(11)22-10-9-15(21)20-12-6-2-4-8-14(12)23-16(18)19/h1-8,16H,9-10H2,(H,20,21). The summed E-state index contributed by atoms with van der Waals surface area (Å²) in [6, 6.07) is 12.2. The number of halogens is 3. The molecule has 0 aromatic heterocycles. The molecule has 0 spiro atoms. The normalized spacial score (nSPS) is 10.6. The van der Waals surface area contributed by atoms with Gasteiger partial charge in [0.1, 0.15) is 0 Å². The van der Waals surface area contributed by atoms with Crippen LogP contribution in [0.15, 0.2) is 53.4 Å². The highest BCUT2D eigenvalue weighted by Crippen LogP contribution is 2.31. The van der Waals surface area contributed by atoms with Crippen molar-refractivity contribution < 1.29 is 22.7 Å². The van der Waals surface area contributed by atoms with Crippen molar-refractivity contribution in [3.05, 3.63) is 54.3 Å². The Bertz CT molecular complexity index is 667. The van der Waals surface area contributed by atoms with E-state index in [9.17, 15) is 18.0 Å². The van der Waals surface area contributed by atoms with Crippen LogP contribution in [0, 0.1) is 5.82 Å². The summed E-state index contributed by atoms with van der Waals surface area (Å²) in [6.07, 6.45) is -0.0258. The minimum atomic E-state index is -2.57. The number of amides is 1. The van der Waals surface area contributed by atoms with Gasteiger partial charge in [-0.15, -0.1) is 0 Å². The van der Waals surface area contributed by atoms with Crippen LogP contribution in [0.25, 0.3) is 0 Å². The van der Waals surface area contributed by atoms with Gasteiger partial charge < -0.3 is 10.1 Å². The van der Waals surface area contributed by atoms with Gasteiger partial charge in [0.15, 0.2) is 11.6 Å². The predicted molar refractivity (Wildman–Crippen MR) is 83.4 cm³/mol. The Kier molecular flexibility index (Phi) is 6.34. The van der Waals surface area contributed by atoms with Gasteiger partial charge in [-0.2, -0.15) is 8.78 Å². The number of ether oxygens (including phenoxy) is 1. The number of alkyl halides is 2. The third kappa shape index (κ3) is 5.52. The molecule has 122 valence electrons. The predicted octanol–water partition coefficient (Wildman–Crippen LogP) is 4.55. The second kappa shape index (κ2) is 8.47. The molecule has 2 aromatic carbocycles. The molecule has 3 nitrogen and oxygen atoms in total. The van der Waals surface area contributed by atoms with E-state index >= 15 is 0 Å². The van der Waals surface area contributed by atoms with Crippen molar-refractivity contribution in [3.8, 4) is 5.75 Å². The fourth-order valence-electron chi connectivity index (χ4n) is 1.80. The van der Waals surface area contributed by atoms with E-state index in [1.807, 2.05) is 0 Å². The number of nitrogens with one attached hydrogen (secondary N) is 1. The molecule has 1 N–H and O–H groups in total. The Morgan fingerprint density at radius 3 is 2.57 bits per heavy atom. The number of para-hydroxylation sites is 2. The number of benzene rings is 2. The Hall–Kier alpha value is -2.15. The number of hydrogen-bond donors (Lipinski definition) is 1. The lowest BCUT2D eigenvalue weighted by molar-refractivity contribution is -0.116. The third-order valence-corrected chi connectivity index (χ3v) is 3.59. The minimum Gasteiger partial charge on any atom is -0.490 e. The summed E-state index contributed by atoms with van der Waals surface area (Å²) >= 11 is 0.361. The van der Waals surface area contributed by atoms with Crippen LogP contribution in [0.3, 0.4) is 0 Å². The molecule has 0 saturated heterocycles. The molecule has 0 fully saturated rings. The second-order valence-corrected chi connectivity index (χ2v) is 5.48. The smallest absolute Gasteiger partial charge is 0.288 e. The molecule has 0 bridgehead atoms. The minimum absolute atomic E-state index is 0.0169. The SMILES string of the molecule is O=C(CCOc1ccccc1F)Nc1ccccc1SC(F)F. The molecule has 0 aliphatic carbocycles. The van der Waals surface area contributed by atoms with Gasteiger partial charge in [0, 0.05) is 4.90 Å². The van der Waals surface area contributed by atoms with Gasteiger partial charge in [0.25, 0.3) is 5.76 Å². The van der Waals surface area contributed by atoms with E-state index in [-0.39, 0.29) is 23.7 Å². The van der Waals surface area contributed by atoms with Gasteiger partial charge in [-0.3, -0.25) is 4.79 Å². The molecule has 23 heavy (non-hydrogen) atoms. The van der Waals surface area contributed by atoms with Crippen molar-refractivity contribution >= 4 is 23.4 Å². The zero-order valence-electron chi connectivity index (χ0n) is 12.0. The summed E-state index contributed by atoms with van der Waals surface area (Å²) in [7, 11) is 0. The zero-order valence-corrected chi connectivity index (χ0v) is 12.8. The number of anilines is 1. The summed E-state index contributed by atoms with van der Waals surface area (Å²) in [5, 5.41) is 2.55. The summed E-state index contributed by atoms with van der Waals surface area (Å²) in [6.45, 7) is -0.0169. The van der Waals surface area contributed by atoms with Crippen LogP contribution in [-0.2, 0) is 4.79 Å². The van der Waals surface area contributed by atoms with Crippen molar-refractivity contribution in [1.82, 2.24) is 0 Å². The molecule has 0 heterocycles. The maximum absolute atomic E-state index is 13.3. The van der Waals surface area contributed by atoms with E-state index < -0.39 is 17.5 Å². The first-order valence-corrected chi connectivity index (χ1v) is 7.65. The maximum atomic E-state index is 13.3. The molecule has 0 atom stereocenters. The van der Waals surface area contributed by atoms with E-state index in [4.69, 9.17) is 4.74 Å². The highest BCUT2D eigenvalue weighted by Gasteiger charge is 2.12. The molecule has 2 rings (SSSR count). The summed E-state index contributed by atoms with van der Waals surface area (Å²) in [5.74, 6) is -3.42. The van der Waals surface area contributed by atoms with E-state index in [0.29, 0.717) is 17.4 Å². The van der Waals surface area contributed by atoms with Gasteiger partial charge in [-0.25, -0.2) is 4.39 Å². The highest BCUT2D eigenvalue weighted by atomic mass is 32.2. The van der Waals surface area contributed by atoms with E-state index in [2.05, 4.69) is 5.32 Å². The Morgan fingerprint density at radius 1 is 1.13 bits per heavy atom. The zero-order chi connectivity index (χ0) is 16.7. The lowest BCUT2D eigenvalue weighted by atomic mass is 10.3. The molecule has 7 heteroatoms. The van der Waals surface area contributed by atoms with Crippen LogP contribution < -0.4 is 10.1 Å². The molecule has 1 amide bonds. The number of rotatable bonds is 7. The topological polar surface area (TPSA) is 38.3 Å². The van der Waals surface area contributed by atoms with Crippen LogP contribution in [0.1, 0.15) is 6.42 Å². The lowest BCUT2D eigenvalue weighted by Gasteiger charge is -2.11. The van der Waals surface area contributed by atoms with E-state index in [1.165, 1.54) is 24.3 Å². The molecule has 0 radical (unpaired) electrons. The molecule has 2 aromatic rings. The van der Waals surface area contributed by atoms with Crippen molar-refractivity contribution in [2.24, 2.45) is 0 Å². The van der Waals surface area contributed by atoms with Crippen LogP contribution in [-0.4, -0.2) is 18.3 Å². The average molecular weight is 341 g/mol. The number of carbonyl (C=O) groups excluding carboxylic acids is 1. The highest BCUT2D eigenvalue weighted by molar-refractivity contribution is 7.99. The van der Waals surface area contributed by atoms with Gasteiger partial charge in [-0.1, -0.05) is 36.0 Å². The molecular weight excluding hydrogens is 327 g/mol. The number of hydrogen-bond acceptors (Lipinski definition) is 3. The Labute approximate surface area is 135 Å². The Balaban J connectivity index is 1.87. The summed E-state index contributed by atoms with van der Waals surface area (Å²) in [5.41, 5.74) is 0.314. The second-order valence-electron chi connectivity index (χ2n) is 4.45. The monoisotopic (exact) mass is 341 g/mol. The largest absolute Gasteiger partial charge is 0.490 e. The molecular formula is C16H14F3NO2S. The van der Waals surface area contributed by atoms with Gasteiger partial charge in [0.2, 0.25) is 5.91 Å². The maximum Gasteiger partial charge on any atom is 0.288 e. The quantitative estimate of drug-likeness (QED) is 0.751. The van der Waals surface area contributed by atoms with E-state index in [1.54, 1.807) is 24.3 Å². The molecule has 0 aliphatic heterocycles. The fourth-order valence-corrected chi connectivity index (χ4v) is 2.39. The fraction of sp³-hybridized carbons (Fsp3) is 0.188. The van der Waals surface area contributed by atoms with Crippen LogP contribution in [0.2, 0.25) is 0 Å². The van der Waals surface area contributed by atoms with Crippen LogP contribution in [0.4, 0.5) is 18.9 Å². The summed E-state index contributed by atoms with van der Waals surface area (Å²) in [4.78, 5) is 12.1. The van der Waals surface area contributed by atoms with Gasteiger partial charge in [0.05, 0.1) is 18.7 Å². The summed E-state index contributed by atoms with van der Waals surface area (Å²) < 4.78 is 43.4. The average Bonchev–Trinajstić information content (AvgIpc) is 2.51.